The SMILES string of the molecule is CCSc1onc(-c2ccc(S(C)(=O)=O)cc2)c1-c1ccc(CC)cc1. The van der Waals surface area contributed by atoms with E-state index in [4.69, 9.17) is 4.52 Å². The highest BCUT2D eigenvalue weighted by Gasteiger charge is 2.20. The van der Waals surface area contributed by atoms with Gasteiger partial charge in [0, 0.05) is 11.8 Å². The number of nitrogens with zero attached hydrogens (tertiary/aromatic N) is 1. The first kappa shape index (κ1) is 18.7. The van der Waals surface area contributed by atoms with E-state index in [2.05, 4.69) is 43.3 Å². The van der Waals surface area contributed by atoms with Crippen LogP contribution in [0.15, 0.2) is 63.0 Å². The number of sulfone groups is 1. The van der Waals surface area contributed by atoms with Gasteiger partial charge in [-0.2, -0.15) is 0 Å². The van der Waals surface area contributed by atoms with Crippen LogP contribution in [0.25, 0.3) is 22.4 Å². The molecule has 26 heavy (non-hydrogen) atoms. The van der Waals surface area contributed by atoms with Crippen LogP contribution in [0.5, 0.6) is 0 Å². The molecular weight excluding hydrogens is 366 g/mol. The third-order valence-corrected chi connectivity index (χ3v) is 6.10. The molecule has 0 radical (unpaired) electrons. The van der Waals surface area contributed by atoms with Gasteiger partial charge in [0.25, 0.3) is 0 Å². The molecule has 0 amide bonds. The highest BCUT2D eigenvalue weighted by molar-refractivity contribution is 7.99. The number of thioether (sulfide) groups is 1. The van der Waals surface area contributed by atoms with Crippen LogP contribution >= 0.6 is 11.8 Å². The lowest BCUT2D eigenvalue weighted by Crippen LogP contribution is -1.96. The summed E-state index contributed by atoms with van der Waals surface area (Å²) in [7, 11) is -3.22. The van der Waals surface area contributed by atoms with Gasteiger partial charge in [0.2, 0.25) is 5.09 Å². The molecule has 0 fully saturated rings. The summed E-state index contributed by atoms with van der Waals surface area (Å²) >= 11 is 1.60. The van der Waals surface area contributed by atoms with Crippen LogP contribution < -0.4 is 0 Å². The molecule has 6 heteroatoms. The van der Waals surface area contributed by atoms with Gasteiger partial charge in [-0.1, -0.05) is 67.2 Å². The van der Waals surface area contributed by atoms with Gasteiger partial charge in [0.1, 0.15) is 5.69 Å². The maximum Gasteiger partial charge on any atom is 0.201 e. The third kappa shape index (κ3) is 3.86. The molecule has 0 aliphatic rings. The summed E-state index contributed by atoms with van der Waals surface area (Å²) in [5.74, 6) is 0.877. The Bertz CT molecular complexity index is 989. The minimum Gasteiger partial charge on any atom is -0.349 e. The maximum atomic E-state index is 11.7. The summed E-state index contributed by atoms with van der Waals surface area (Å²) in [5, 5.41) is 5.05. The molecule has 0 atom stereocenters. The van der Waals surface area contributed by atoms with Crippen molar-refractivity contribution in [3.8, 4) is 22.4 Å². The summed E-state index contributed by atoms with van der Waals surface area (Å²) in [6.45, 7) is 4.19. The fourth-order valence-electron chi connectivity index (χ4n) is 2.72. The lowest BCUT2D eigenvalue weighted by molar-refractivity contribution is 0.352. The first-order valence-corrected chi connectivity index (χ1v) is 11.3. The normalized spacial score (nSPS) is 11.7. The predicted octanol–water partition coefficient (Wildman–Crippen LogP) is 5.09. The molecule has 3 aromatic rings. The molecule has 0 spiro atoms. The Hall–Kier alpha value is -2.05. The summed E-state index contributed by atoms with van der Waals surface area (Å²) in [4.78, 5) is 0.293. The molecule has 2 aromatic carbocycles. The number of hydrogen-bond donors (Lipinski definition) is 0. The molecule has 0 saturated carbocycles. The molecule has 0 aliphatic carbocycles. The summed E-state index contributed by atoms with van der Waals surface area (Å²) in [6.07, 6.45) is 2.19. The van der Waals surface area contributed by atoms with E-state index in [0.29, 0.717) is 4.90 Å². The lowest BCUT2D eigenvalue weighted by Gasteiger charge is -2.06. The van der Waals surface area contributed by atoms with Crippen molar-refractivity contribution >= 4 is 21.6 Å². The molecular formula is C20H21NO3S2. The Balaban J connectivity index is 2.10. The molecule has 0 aliphatic heterocycles. The number of benzene rings is 2. The van der Waals surface area contributed by atoms with E-state index < -0.39 is 9.84 Å². The van der Waals surface area contributed by atoms with Crippen molar-refractivity contribution in [2.45, 2.75) is 30.3 Å². The van der Waals surface area contributed by atoms with Crippen molar-refractivity contribution in [2.75, 3.05) is 12.0 Å². The van der Waals surface area contributed by atoms with E-state index in [1.54, 1.807) is 36.0 Å². The van der Waals surface area contributed by atoms with E-state index in [0.717, 1.165) is 39.7 Å². The second-order valence-electron chi connectivity index (χ2n) is 5.97. The van der Waals surface area contributed by atoms with Crippen LogP contribution in [-0.2, 0) is 16.3 Å². The van der Waals surface area contributed by atoms with Crippen molar-refractivity contribution in [1.29, 1.82) is 0 Å². The van der Waals surface area contributed by atoms with Crippen molar-refractivity contribution in [3.63, 3.8) is 0 Å². The van der Waals surface area contributed by atoms with Gasteiger partial charge in [-0.15, -0.1) is 0 Å². The maximum absolute atomic E-state index is 11.7. The Kier molecular flexibility index (Phi) is 5.53. The zero-order valence-electron chi connectivity index (χ0n) is 15.0. The largest absolute Gasteiger partial charge is 0.349 e. The molecule has 4 nitrogen and oxygen atoms in total. The summed E-state index contributed by atoms with van der Waals surface area (Å²) in [6, 6.07) is 15.2. The molecule has 136 valence electrons. The zero-order valence-corrected chi connectivity index (χ0v) is 16.7. The second-order valence-corrected chi connectivity index (χ2v) is 9.23. The van der Waals surface area contributed by atoms with Gasteiger partial charge in [-0.25, -0.2) is 8.42 Å². The van der Waals surface area contributed by atoms with Gasteiger partial charge < -0.3 is 4.52 Å². The fraction of sp³-hybridized carbons (Fsp3) is 0.250. The monoisotopic (exact) mass is 387 g/mol. The Morgan fingerprint density at radius 2 is 1.58 bits per heavy atom. The van der Waals surface area contributed by atoms with Crippen LogP contribution in [0.1, 0.15) is 19.4 Å². The summed E-state index contributed by atoms with van der Waals surface area (Å²) in [5.41, 5.74) is 4.83. The molecule has 3 rings (SSSR count). The van der Waals surface area contributed by atoms with Crippen molar-refractivity contribution in [1.82, 2.24) is 5.16 Å². The fourth-order valence-corrected chi connectivity index (χ4v) is 4.06. The smallest absolute Gasteiger partial charge is 0.201 e. The van der Waals surface area contributed by atoms with Gasteiger partial charge in [-0.3, -0.25) is 0 Å². The van der Waals surface area contributed by atoms with E-state index >= 15 is 0 Å². The molecule has 0 unspecified atom stereocenters. The average molecular weight is 388 g/mol. The minimum absolute atomic E-state index is 0.293. The zero-order chi connectivity index (χ0) is 18.7. The standard InChI is InChI=1S/C20H21NO3S2/c1-4-14-6-8-15(9-7-14)18-19(21-24-20(18)25-5-2)16-10-12-17(13-11-16)26(3,22)23/h6-13H,4-5H2,1-3H3. The van der Waals surface area contributed by atoms with Crippen LogP contribution in [0.4, 0.5) is 0 Å². The van der Waals surface area contributed by atoms with Gasteiger partial charge in [0.05, 0.1) is 10.5 Å². The first-order chi connectivity index (χ1) is 12.4. The summed E-state index contributed by atoms with van der Waals surface area (Å²) < 4.78 is 29.0. The second kappa shape index (κ2) is 7.68. The number of aromatic nitrogens is 1. The molecule has 0 N–H and O–H groups in total. The van der Waals surface area contributed by atoms with Crippen LogP contribution in [0, 0.1) is 0 Å². The van der Waals surface area contributed by atoms with Crippen molar-refractivity contribution < 1.29 is 12.9 Å². The van der Waals surface area contributed by atoms with Crippen molar-refractivity contribution in [3.05, 3.63) is 54.1 Å². The molecule has 1 aromatic heterocycles. The molecule has 1 heterocycles. The van der Waals surface area contributed by atoms with Gasteiger partial charge in [-0.05, 0) is 35.4 Å². The quantitative estimate of drug-likeness (QED) is 0.552. The first-order valence-electron chi connectivity index (χ1n) is 8.46. The molecule has 0 bridgehead atoms. The van der Waals surface area contributed by atoms with Gasteiger partial charge >= 0.3 is 0 Å². The Morgan fingerprint density at radius 1 is 0.962 bits per heavy atom. The van der Waals surface area contributed by atoms with Crippen molar-refractivity contribution in [2.24, 2.45) is 0 Å². The lowest BCUT2D eigenvalue weighted by atomic mass is 10.0. The number of rotatable bonds is 6. The van der Waals surface area contributed by atoms with E-state index in [1.807, 2.05) is 0 Å². The van der Waals surface area contributed by atoms with E-state index in [9.17, 15) is 8.42 Å². The third-order valence-electron chi connectivity index (χ3n) is 4.14. The molecule has 0 saturated heterocycles. The van der Waals surface area contributed by atoms with E-state index in [-0.39, 0.29) is 0 Å². The van der Waals surface area contributed by atoms with Gasteiger partial charge in [0.15, 0.2) is 9.84 Å². The van der Waals surface area contributed by atoms with E-state index in [1.165, 1.54) is 11.8 Å². The Morgan fingerprint density at radius 3 is 2.12 bits per heavy atom. The van der Waals surface area contributed by atoms with Crippen LogP contribution in [-0.4, -0.2) is 25.6 Å². The average Bonchev–Trinajstić information content (AvgIpc) is 3.05. The predicted molar refractivity (Wildman–Crippen MR) is 106 cm³/mol. The highest BCUT2D eigenvalue weighted by Crippen LogP contribution is 2.39. The number of aryl methyl sites for hydroxylation is 1. The topological polar surface area (TPSA) is 60.2 Å². The highest BCUT2D eigenvalue weighted by atomic mass is 32.2. The Labute approximate surface area is 158 Å². The van der Waals surface area contributed by atoms with Crippen LogP contribution in [0.2, 0.25) is 0 Å². The number of hydrogen-bond acceptors (Lipinski definition) is 5. The minimum atomic E-state index is -3.22. The van der Waals surface area contributed by atoms with Crippen LogP contribution in [0.3, 0.4) is 0 Å².